The molecule has 3 heteroatoms. The Hall–Kier alpha value is -1.19. The van der Waals surface area contributed by atoms with Crippen molar-refractivity contribution in [1.29, 1.82) is 0 Å². The van der Waals surface area contributed by atoms with Crippen molar-refractivity contribution in [3.05, 3.63) is 35.9 Å². The highest BCUT2D eigenvalue weighted by molar-refractivity contribution is 5.81. The van der Waals surface area contributed by atoms with E-state index in [0.717, 1.165) is 25.3 Å². The number of ketones is 1. The number of carbonyl (C=O) groups excluding carboxylic acids is 1. The van der Waals surface area contributed by atoms with Crippen molar-refractivity contribution in [1.82, 2.24) is 4.90 Å². The van der Waals surface area contributed by atoms with Gasteiger partial charge in [0.15, 0.2) is 0 Å². The molecule has 1 aliphatic rings. The number of Topliss-reactive ketones (excluding diaryl/α,β-unsaturated/α-hetero) is 1. The maximum Gasteiger partial charge on any atom is 0.139 e. The summed E-state index contributed by atoms with van der Waals surface area (Å²) in [4.78, 5) is 14.4. The van der Waals surface area contributed by atoms with Gasteiger partial charge in [-0.15, -0.1) is 0 Å². The molecule has 1 aliphatic heterocycles. The molecular formula is C16H23NO2. The number of carbonyl (C=O) groups is 1. The van der Waals surface area contributed by atoms with Crippen LogP contribution >= 0.6 is 0 Å². The van der Waals surface area contributed by atoms with E-state index < -0.39 is 0 Å². The summed E-state index contributed by atoms with van der Waals surface area (Å²) in [6.45, 7) is 6.96. The van der Waals surface area contributed by atoms with E-state index in [9.17, 15) is 4.79 Å². The van der Waals surface area contributed by atoms with Gasteiger partial charge >= 0.3 is 0 Å². The molecule has 1 unspecified atom stereocenters. The Morgan fingerprint density at radius 1 is 1.37 bits per heavy atom. The van der Waals surface area contributed by atoms with Gasteiger partial charge in [0.1, 0.15) is 5.78 Å². The molecule has 3 nitrogen and oxygen atoms in total. The van der Waals surface area contributed by atoms with Gasteiger partial charge in [0.05, 0.1) is 12.7 Å². The van der Waals surface area contributed by atoms with E-state index in [1.807, 2.05) is 30.3 Å². The number of ether oxygens (including phenoxy) is 1. The van der Waals surface area contributed by atoms with Gasteiger partial charge in [0.2, 0.25) is 0 Å². The summed E-state index contributed by atoms with van der Waals surface area (Å²) in [7, 11) is 0. The third-order valence-corrected chi connectivity index (χ3v) is 3.60. The highest BCUT2D eigenvalue weighted by atomic mass is 16.5. The lowest BCUT2D eigenvalue weighted by Crippen LogP contribution is -2.46. The van der Waals surface area contributed by atoms with Crippen LogP contribution in [-0.4, -0.2) is 42.5 Å². The Kier molecular flexibility index (Phi) is 5.11. The number of rotatable bonds is 5. The fraction of sp³-hybridized carbons (Fsp3) is 0.562. The highest BCUT2D eigenvalue weighted by Crippen LogP contribution is 2.13. The van der Waals surface area contributed by atoms with Crippen LogP contribution in [0.25, 0.3) is 0 Å². The summed E-state index contributed by atoms with van der Waals surface area (Å²) in [6, 6.07) is 10.4. The zero-order chi connectivity index (χ0) is 13.7. The van der Waals surface area contributed by atoms with Crippen LogP contribution in [0.1, 0.15) is 25.8 Å². The summed E-state index contributed by atoms with van der Waals surface area (Å²) in [6.07, 6.45) is 1.10. The summed E-state index contributed by atoms with van der Waals surface area (Å²) >= 11 is 0. The molecule has 0 aromatic heterocycles. The van der Waals surface area contributed by atoms with Crippen LogP contribution in [0.3, 0.4) is 0 Å². The second-order valence-electron chi connectivity index (χ2n) is 5.49. The van der Waals surface area contributed by atoms with Gasteiger partial charge in [-0.3, -0.25) is 9.69 Å². The predicted molar refractivity (Wildman–Crippen MR) is 76.2 cm³/mol. The molecule has 1 aromatic carbocycles. The van der Waals surface area contributed by atoms with E-state index in [0.29, 0.717) is 18.9 Å². The van der Waals surface area contributed by atoms with Crippen molar-refractivity contribution in [3.8, 4) is 0 Å². The van der Waals surface area contributed by atoms with Crippen LogP contribution in [0.5, 0.6) is 0 Å². The Morgan fingerprint density at radius 3 is 2.79 bits per heavy atom. The first-order chi connectivity index (χ1) is 9.15. The molecule has 0 spiro atoms. The number of hydrogen-bond acceptors (Lipinski definition) is 3. The van der Waals surface area contributed by atoms with Crippen LogP contribution in [0.2, 0.25) is 0 Å². The van der Waals surface area contributed by atoms with Crippen LogP contribution in [0.15, 0.2) is 30.3 Å². The summed E-state index contributed by atoms with van der Waals surface area (Å²) in [5.41, 5.74) is 1.09. The van der Waals surface area contributed by atoms with Gasteiger partial charge in [0.25, 0.3) is 0 Å². The van der Waals surface area contributed by atoms with Gasteiger partial charge in [-0.1, -0.05) is 30.3 Å². The van der Waals surface area contributed by atoms with Gasteiger partial charge in [0, 0.05) is 32.0 Å². The SMILES string of the molecule is CC(C)N1CCOC(CC(=O)Cc2ccccc2)C1. The zero-order valence-corrected chi connectivity index (χ0v) is 11.8. The maximum atomic E-state index is 12.1. The number of benzene rings is 1. The molecule has 0 amide bonds. The second kappa shape index (κ2) is 6.83. The average molecular weight is 261 g/mol. The van der Waals surface area contributed by atoms with Gasteiger partial charge in [-0.25, -0.2) is 0 Å². The monoisotopic (exact) mass is 261 g/mol. The molecule has 1 saturated heterocycles. The highest BCUT2D eigenvalue weighted by Gasteiger charge is 2.24. The van der Waals surface area contributed by atoms with Crippen molar-refractivity contribution >= 4 is 5.78 Å². The fourth-order valence-corrected chi connectivity index (χ4v) is 2.48. The quantitative estimate of drug-likeness (QED) is 0.814. The first kappa shape index (κ1) is 14.2. The topological polar surface area (TPSA) is 29.5 Å². The molecule has 0 radical (unpaired) electrons. The standard InChI is InChI=1S/C16H23NO2/c1-13(2)17-8-9-19-16(12-17)11-15(18)10-14-6-4-3-5-7-14/h3-7,13,16H,8-12H2,1-2H3. The van der Waals surface area contributed by atoms with E-state index in [1.165, 1.54) is 0 Å². The van der Waals surface area contributed by atoms with Crippen molar-refractivity contribution in [2.45, 2.75) is 38.8 Å². The minimum absolute atomic E-state index is 0.0624. The minimum Gasteiger partial charge on any atom is -0.375 e. The fourth-order valence-electron chi connectivity index (χ4n) is 2.48. The van der Waals surface area contributed by atoms with Crippen LogP contribution < -0.4 is 0 Å². The molecule has 0 bridgehead atoms. The molecule has 0 N–H and O–H groups in total. The van der Waals surface area contributed by atoms with Gasteiger partial charge in [-0.2, -0.15) is 0 Å². The first-order valence-electron chi connectivity index (χ1n) is 7.06. The predicted octanol–water partition coefficient (Wildman–Crippen LogP) is 2.30. The van der Waals surface area contributed by atoms with E-state index in [4.69, 9.17) is 4.74 Å². The lowest BCUT2D eigenvalue weighted by Gasteiger charge is -2.35. The maximum absolute atomic E-state index is 12.1. The number of nitrogens with zero attached hydrogens (tertiary/aromatic N) is 1. The summed E-state index contributed by atoms with van der Waals surface area (Å²) < 4.78 is 5.70. The van der Waals surface area contributed by atoms with Crippen molar-refractivity contribution in [2.75, 3.05) is 19.7 Å². The molecule has 19 heavy (non-hydrogen) atoms. The molecule has 2 rings (SSSR count). The van der Waals surface area contributed by atoms with E-state index in [1.54, 1.807) is 0 Å². The zero-order valence-electron chi connectivity index (χ0n) is 11.8. The summed E-state index contributed by atoms with van der Waals surface area (Å²) in [5, 5.41) is 0. The van der Waals surface area contributed by atoms with Crippen molar-refractivity contribution in [3.63, 3.8) is 0 Å². The Labute approximate surface area is 115 Å². The number of morpholine rings is 1. The normalized spacial score (nSPS) is 20.7. The third-order valence-electron chi connectivity index (χ3n) is 3.60. The van der Waals surface area contributed by atoms with Crippen molar-refractivity contribution < 1.29 is 9.53 Å². The van der Waals surface area contributed by atoms with Crippen molar-refractivity contribution in [2.24, 2.45) is 0 Å². The number of hydrogen-bond donors (Lipinski definition) is 0. The van der Waals surface area contributed by atoms with Gasteiger partial charge < -0.3 is 4.74 Å². The Morgan fingerprint density at radius 2 is 2.11 bits per heavy atom. The lowest BCUT2D eigenvalue weighted by molar-refractivity contribution is -0.123. The second-order valence-corrected chi connectivity index (χ2v) is 5.49. The Bertz CT molecular complexity index is 402. The minimum atomic E-state index is 0.0624. The van der Waals surface area contributed by atoms with Crippen LogP contribution in [0, 0.1) is 0 Å². The van der Waals surface area contributed by atoms with Gasteiger partial charge in [-0.05, 0) is 19.4 Å². The molecule has 1 atom stereocenters. The molecule has 0 saturated carbocycles. The van der Waals surface area contributed by atoms with Crippen LogP contribution in [0.4, 0.5) is 0 Å². The lowest BCUT2D eigenvalue weighted by atomic mass is 10.0. The third kappa shape index (κ3) is 4.44. The molecule has 1 fully saturated rings. The molecule has 104 valence electrons. The van der Waals surface area contributed by atoms with Crippen LogP contribution in [-0.2, 0) is 16.0 Å². The summed E-state index contributed by atoms with van der Waals surface area (Å²) in [5.74, 6) is 0.266. The molecular weight excluding hydrogens is 238 g/mol. The van der Waals surface area contributed by atoms with E-state index >= 15 is 0 Å². The first-order valence-corrected chi connectivity index (χ1v) is 7.06. The molecule has 1 aromatic rings. The Balaban J connectivity index is 1.82. The average Bonchev–Trinajstić information content (AvgIpc) is 2.40. The molecule has 0 aliphatic carbocycles. The molecule has 1 heterocycles. The smallest absolute Gasteiger partial charge is 0.139 e. The largest absolute Gasteiger partial charge is 0.375 e. The van der Waals surface area contributed by atoms with E-state index in [-0.39, 0.29) is 11.9 Å². The van der Waals surface area contributed by atoms with E-state index in [2.05, 4.69) is 18.7 Å².